The summed E-state index contributed by atoms with van der Waals surface area (Å²) in [5.41, 5.74) is 7.80. The van der Waals surface area contributed by atoms with Gasteiger partial charge in [-0.1, -0.05) is 12.5 Å². The highest BCUT2D eigenvalue weighted by molar-refractivity contribution is 5.94. The Bertz CT molecular complexity index is 535. The molecule has 3 rings (SSSR count). The van der Waals surface area contributed by atoms with Crippen LogP contribution in [0.15, 0.2) is 18.2 Å². The molecule has 1 amide bonds. The van der Waals surface area contributed by atoms with E-state index in [0.29, 0.717) is 17.5 Å². The molecule has 1 aromatic rings. The molecule has 2 unspecified atom stereocenters. The van der Waals surface area contributed by atoms with Gasteiger partial charge in [0.15, 0.2) is 0 Å². The predicted molar refractivity (Wildman–Crippen MR) is 90.3 cm³/mol. The van der Waals surface area contributed by atoms with Crippen LogP contribution in [0.4, 0.5) is 5.69 Å². The summed E-state index contributed by atoms with van der Waals surface area (Å²) in [5, 5.41) is 12.7. The van der Waals surface area contributed by atoms with E-state index in [4.69, 9.17) is 5.73 Å². The third-order valence-electron chi connectivity index (χ3n) is 5.19. The Morgan fingerprint density at radius 3 is 2.55 bits per heavy atom. The highest BCUT2D eigenvalue weighted by Crippen LogP contribution is 2.42. The average molecular weight is 325 g/mol. The summed E-state index contributed by atoms with van der Waals surface area (Å²) in [6.07, 6.45) is 5.32. The molecule has 22 heavy (non-hydrogen) atoms. The lowest BCUT2D eigenvalue weighted by atomic mass is 9.65. The zero-order valence-corrected chi connectivity index (χ0v) is 13.7. The second-order valence-electron chi connectivity index (χ2n) is 6.71. The van der Waals surface area contributed by atoms with E-state index in [1.165, 1.54) is 6.42 Å². The SMILES string of the molecule is Cc1ccc(O)c(NC(=O)C2CC3CCCC(C2)C3N)c1.Cl. The number of fused-ring (bicyclic) bond motifs is 2. The van der Waals surface area contributed by atoms with E-state index in [-0.39, 0.29) is 36.0 Å². The lowest BCUT2D eigenvalue weighted by Gasteiger charge is -2.43. The van der Waals surface area contributed by atoms with Crippen molar-refractivity contribution in [2.45, 2.75) is 45.1 Å². The first-order valence-electron chi connectivity index (χ1n) is 7.90. The van der Waals surface area contributed by atoms with Crippen molar-refractivity contribution >= 4 is 24.0 Å². The molecule has 2 bridgehead atoms. The van der Waals surface area contributed by atoms with E-state index in [2.05, 4.69) is 5.32 Å². The number of carbonyl (C=O) groups excluding carboxylic acids is 1. The van der Waals surface area contributed by atoms with Crippen molar-refractivity contribution in [3.8, 4) is 5.75 Å². The first kappa shape index (κ1) is 17.1. The van der Waals surface area contributed by atoms with Gasteiger partial charge in [0, 0.05) is 12.0 Å². The van der Waals surface area contributed by atoms with Gasteiger partial charge in [-0.25, -0.2) is 0 Å². The molecule has 2 saturated carbocycles. The number of hydrogen-bond acceptors (Lipinski definition) is 3. The van der Waals surface area contributed by atoms with Crippen LogP contribution in [0.3, 0.4) is 0 Å². The number of halogens is 1. The molecule has 122 valence electrons. The molecule has 5 heteroatoms. The topological polar surface area (TPSA) is 75.3 Å². The van der Waals surface area contributed by atoms with Crippen molar-refractivity contribution in [3.05, 3.63) is 23.8 Å². The summed E-state index contributed by atoms with van der Waals surface area (Å²) < 4.78 is 0. The van der Waals surface area contributed by atoms with Gasteiger partial charge in [0.05, 0.1) is 5.69 Å². The van der Waals surface area contributed by atoms with Crippen LogP contribution in [0.1, 0.15) is 37.7 Å². The van der Waals surface area contributed by atoms with Crippen molar-refractivity contribution in [2.75, 3.05) is 5.32 Å². The van der Waals surface area contributed by atoms with Crippen molar-refractivity contribution in [1.29, 1.82) is 0 Å². The molecule has 0 aromatic heterocycles. The molecule has 0 radical (unpaired) electrons. The number of aromatic hydroxyl groups is 1. The molecule has 0 spiro atoms. The van der Waals surface area contributed by atoms with Crippen LogP contribution < -0.4 is 11.1 Å². The number of anilines is 1. The Morgan fingerprint density at radius 1 is 1.27 bits per heavy atom. The van der Waals surface area contributed by atoms with Crippen LogP contribution in [0.5, 0.6) is 5.75 Å². The number of nitrogens with two attached hydrogens (primary N) is 1. The fraction of sp³-hybridized carbons (Fsp3) is 0.588. The molecular weight excluding hydrogens is 300 g/mol. The van der Waals surface area contributed by atoms with E-state index in [0.717, 1.165) is 31.2 Å². The molecule has 2 fully saturated rings. The number of hydrogen-bond donors (Lipinski definition) is 3. The third kappa shape index (κ3) is 3.39. The van der Waals surface area contributed by atoms with Gasteiger partial charge < -0.3 is 16.2 Å². The lowest BCUT2D eigenvalue weighted by Crippen LogP contribution is -2.48. The third-order valence-corrected chi connectivity index (χ3v) is 5.19. The summed E-state index contributed by atoms with van der Waals surface area (Å²) in [6.45, 7) is 1.94. The lowest BCUT2D eigenvalue weighted by molar-refractivity contribution is -0.122. The Labute approximate surface area is 137 Å². The molecule has 2 atom stereocenters. The van der Waals surface area contributed by atoms with Crippen LogP contribution in [-0.2, 0) is 4.79 Å². The molecular formula is C17H25ClN2O2. The first-order chi connectivity index (χ1) is 10.0. The largest absolute Gasteiger partial charge is 0.506 e. The van der Waals surface area contributed by atoms with Crippen LogP contribution in [-0.4, -0.2) is 17.1 Å². The van der Waals surface area contributed by atoms with Crippen LogP contribution in [0, 0.1) is 24.7 Å². The number of aryl methyl sites for hydroxylation is 1. The summed E-state index contributed by atoms with van der Waals surface area (Å²) in [7, 11) is 0. The Morgan fingerprint density at radius 2 is 1.91 bits per heavy atom. The monoisotopic (exact) mass is 324 g/mol. The summed E-state index contributed by atoms with van der Waals surface area (Å²) in [6, 6.07) is 5.53. The number of nitrogens with one attached hydrogen (secondary N) is 1. The number of phenolic OH excluding ortho intramolecular Hbond substituents is 1. The zero-order chi connectivity index (χ0) is 15.0. The van der Waals surface area contributed by atoms with Crippen molar-refractivity contribution in [3.63, 3.8) is 0 Å². The van der Waals surface area contributed by atoms with Gasteiger partial charge in [0.1, 0.15) is 5.75 Å². The second-order valence-corrected chi connectivity index (χ2v) is 6.71. The minimum atomic E-state index is 0. The number of amides is 1. The van der Waals surface area contributed by atoms with Gasteiger partial charge >= 0.3 is 0 Å². The summed E-state index contributed by atoms with van der Waals surface area (Å²) in [5.74, 6) is 1.15. The van der Waals surface area contributed by atoms with Gasteiger partial charge in [0.2, 0.25) is 5.91 Å². The Hall–Kier alpha value is -1.26. The maximum atomic E-state index is 12.5. The van der Waals surface area contributed by atoms with Crippen molar-refractivity contribution in [1.82, 2.24) is 0 Å². The zero-order valence-electron chi connectivity index (χ0n) is 12.9. The van der Waals surface area contributed by atoms with E-state index in [1.807, 2.05) is 19.1 Å². The molecule has 2 aliphatic carbocycles. The quantitative estimate of drug-likeness (QED) is 0.731. The molecule has 1 aromatic carbocycles. The van der Waals surface area contributed by atoms with E-state index >= 15 is 0 Å². The standard InChI is InChI=1S/C17H24N2O2.ClH/c1-10-5-6-15(20)14(7-10)19-17(21)13-8-11-3-2-4-12(9-13)16(11)18;/h5-7,11-13,16,20H,2-4,8-9,18H2,1H3,(H,19,21);1H. The molecule has 2 aliphatic rings. The van der Waals surface area contributed by atoms with E-state index in [1.54, 1.807) is 6.07 Å². The molecule has 0 heterocycles. The minimum absolute atomic E-state index is 0. The highest BCUT2D eigenvalue weighted by atomic mass is 35.5. The highest BCUT2D eigenvalue weighted by Gasteiger charge is 2.40. The van der Waals surface area contributed by atoms with Crippen LogP contribution >= 0.6 is 12.4 Å². The van der Waals surface area contributed by atoms with Crippen molar-refractivity contribution in [2.24, 2.45) is 23.5 Å². The maximum Gasteiger partial charge on any atom is 0.227 e. The Kier molecular flexibility index (Phi) is 5.35. The van der Waals surface area contributed by atoms with Gasteiger partial charge in [0.25, 0.3) is 0 Å². The number of phenols is 1. The first-order valence-corrected chi connectivity index (χ1v) is 7.90. The Balaban J connectivity index is 0.00000176. The minimum Gasteiger partial charge on any atom is -0.506 e. The van der Waals surface area contributed by atoms with Gasteiger partial charge in [-0.05, 0) is 62.1 Å². The van der Waals surface area contributed by atoms with Gasteiger partial charge in [-0.2, -0.15) is 0 Å². The van der Waals surface area contributed by atoms with Crippen LogP contribution in [0.25, 0.3) is 0 Å². The maximum absolute atomic E-state index is 12.5. The number of benzene rings is 1. The van der Waals surface area contributed by atoms with Crippen molar-refractivity contribution < 1.29 is 9.90 Å². The fourth-order valence-electron chi connectivity index (χ4n) is 3.99. The second kappa shape index (κ2) is 6.88. The summed E-state index contributed by atoms with van der Waals surface area (Å²) >= 11 is 0. The van der Waals surface area contributed by atoms with Crippen LogP contribution in [0.2, 0.25) is 0 Å². The van der Waals surface area contributed by atoms with Gasteiger partial charge in [-0.15, -0.1) is 12.4 Å². The van der Waals surface area contributed by atoms with Gasteiger partial charge in [-0.3, -0.25) is 4.79 Å². The molecule has 0 saturated heterocycles. The number of carbonyl (C=O) groups is 1. The average Bonchev–Trinajstić information content (AvgIpc) is 2.42. The van der Waals surface area contributed by atoms with E-state index in [9.17, 15) is 9.90 Å². The predicted octanol–water partition coefficient (Wildman–Crippen LogP) is 3.21. The summed E-state index contributed by atoms with van der Waals surface area (Å²) in [4.78, 5) is 12.5. The molecule has 4 nitrogen and oxygen atoms in total. The molecule has 4 N–H and O–H groups in total. The smallest absolute Gasteiger partial charge is 0.227 e. The normalized spacial score (nSPS) is 30.3. The fourth-order valence-corrected chi connectivity index (χ4v) is 3.99. The van der Waals surface area contributed by atoms with E-state index < -0.39 is 0 Å². The molecule has 0 aliphatic heterocycles. The number of rotatable bonds is 2.